The van der Waals surface area contributed by atoms with Crippen molar-refractivity contribution in [3.63, 3.8) is 0 Å². The van der Waals surface area contributed by atoms with Crippen LogP contribution in [0.4, 0.5) is 4.79 Å². The molecule has 0 bridgehead atoms. The van der Waals surface area contributed by atoms with Crippen LogP contribution in [0.1, 0.15) is 24.0 Å². The first-order chi connectivity index (χ1) is 9.66. The molecule has 1 atom stereocenters. The monoisotopic (exact) mass is 274 g/mol. The molecule has 5 heteroatoms. The number of fused-ring (bicyclic) bond motifs is 1. The molecule has 0 spiro atoms. The van der Waals surface area contributed by atoms with Gasteiger partial charge in [-0.05, 0) is 30.4 Å². The molecule has 1 fully saturated rings. The number of carboxylic acid groups (broad SMARTS) is 1. The number of hydrogen-bond donors (Lipinski definition) is 1. The number of carbonyl (C=O) groups is 2. The number of likely N-dealkylation sites (tertiary alicyclic amines) is 1. The van der Waals surface area contributed by atoms with Gasteiger partial charge in [-0.15, -0.1) is 0 Å². The maximum Gasteiger partial charge on any atom is 0.326 e. The molecule has 0 saturated carbocycles. The molecule has 3 rings (SSSR count). The summed E-state index contributed by atoms with van der Waals surface area (Å²) in [7, 11) is 0. The van der Waals surface area contributed by atoms with Gasteiger partial charge in [-0.25, -0.2) is 9.59 Å². The Morgan fingerprint density at radius 1 is 1.15 bits per heavy atom. The normalized spacial score (nSPS) is 21.7. The molecule has 1 N–H and O–H groups in total. The Kier molecular flexibility index (Phi) is 3.34. The summed E-state index contributed by atoms with van der Waals surface area (Å²) in [5.41, 5.74) is 2.45. The van der Waals surface area contributed by atoms with Gasteiger partial charge in [-0.2, -0.15) is 0 Å². The van der Waals surface area contributed by atoms with Crippen LogP contribution in [0.15, 0.2) is 24.3 Å². The topological polar surface area (TPSA) is 60.9 Å². The third kappa shape index (κ3) is 2.24. The smallest absolute Gasteiger partial charge is 0.326 e. The molecule has 0 aromatic heterocycles. The van der Waals surface area contributed by atoms with Gasteiger partial charge in [-0.1, -0.05) is 24.3 Å². The van der Waals surface area contributed by atoms with E-state index in [1.807, 2.05) is 18.2 Å². The number of rotatable bonds is 1. The predicted molar refractivity (Wildman–Crippen MR) is 73.3 cm³/mol. The van der Waals surface area contributed by atoms with Crippen molar-refractivity contribution in [1.29, 1.82) is 0 Å². The van der Waals surface area contributed by atoms with Crippen LogP contribution in [0, 0.1) is 0 Å². The van der Waals surface area contributed by atoms with Crippen molar-refractivity contribution in [2.45, 2.75) is 31.8 Å². The lowest BCUT2D eigenvalue weighted by atomic mass is 10.0. The lowest BCUT2D eigenvalue weighted by molar-refractivity contribution is -0.141. The minimum Gasteiger partial charge on any atom is -0.480 e. The quantitative estimate of drug-likeness (QED) is 0.848. The van der Waals surface area contributed by atoms with Gasteiger partial charge in [0.05, 0.1) is 0 Å². The Hall–Kier alpha value is -2.04. The molecule has 2 aliphatic heterocycles. The second kappa shape index (κ2) is 5.15. The highest BCUT2D eigenvalue weighted by Gasteiger charge is 2.36. The molecule has 1 unspecified atom stereocenters. The molecule has 5 nitrogen and oxygen atoms in total. The number of urea groups is 1. The molecule has 1 aromatic rings. The summed E-state index contributed by atoms with van der Waals surface area (Å²) in [6.45, 7) is 1.80. The SMILES string of the molecule is O=C(O)C1CCCN1C(=O)N1CCc2ccccc2C1. The van der Waals surface area contributed by atoms with E-state index in [-0.39, 0.29) is 6.03 Å². The first-order valence-electron chi connectivity index (χ1n) is 7.02. The Labute approximate surface area is 117 Å². The standard InChI is InChI=1S/C15H18N2O3/c18-14(19)13-6-3-8-17(13)15(20)16-9-7-11-4-1-2-5-12(11)10-16/h1-2,4-5,13H,3,6-10H2,(H,18,19). The van der Waals surface area contributed by atoms with Crippen molar-refractivity contribution in [3.05, 3.63) is 35.4 Å². The van der Waals surface area contributed by atoms with Gasteiger partial charge in [0.15, 0.2) is 0 Å². The average Bonchev–Trinajstić information content (AvgIpc) is 2.95. The Bertz CT molecular complexity index is 544. The van der Waals surface area contributed by atoms with Crippen LogP contribution in [-0.4, -0.2) is 46.0 Å². The van der Waals surface area contributed by atoms with Crippen molar-refractivity contribution in [3.8, 4) is 0 Å². The molecule has 2 aliphatic rings. The van der Waals surface area contributed by atoms with E-state index in [2.05, 4.69) is 6.07 Å². The van der Waals surface area contributed by atoms with Crippen LogP contribution < -0.4 is 0 Å². The van der Waals surface area contributed by atoms with Crippen LogP contribution in [0.3, 0.4) is 0 Å². The molecular formula is C15H18N2O3. The summed E-state index contributed by atoms with van der Waals surface area (Å²) in [5.74, 6) is -0.895. The van der Waals surface area contributed by atoms with Crippen molar-refractivity contribution < 1.29 is 14.7 Å². The van der Waals surface area contributed by atoms with Gasteiger partial charge in [0, 0.05) is 19.6 Å². The molecule has 2 heterocycles. The molecule has 20 heavy (non-hydrogen) atoms. The fraction of sp³-hybridized carbons (Fsp3) is 0.467. The minimum absolute atomic E-state index is 0.135. The van der Waals surface area contributed by atoms with Crippen LogP contribution in [-0.2, 0) is 17.8 Å². The lowest BCUT2D eigenvalue weighted by Crippen LogP contribution is -2.49. The van der Waals surface area contributed by atoms with Gasteiger partial charge >= 0.3 is 12.0 Å². The number of carboxylic acids is 1. The lowest BCUT2D eigenvalue weighted by Gasteiger charge is -2.33. The second-order valence-corrected chi connectivity index (χ2v) is 5.41. The fourth-order valence-corrected chi connectivity index (χ4v) is 3.09. The molecular weight excluding hydrogens is 256 g/mol. The van der Waals surface area contributed by atoms with Crippen LogP contribution >= 0.6 is 0 Å². The van der Waals surface area contributed by atoms with E-state index in [1.165, 1.54) is 10.5 Å². The van der Waals surface area contributed by atoms with Gasteiger partial charge in [0.2, 0.25) is 0 Å². The van der Waals surface area contributed by atoms with E-state index < -0.39 is 12.0 Å². The first-order valence-corrected chi connectivity index (χ1v) is 7.02. The fourth-order valence-electron chi connectivity index (χ4n) is 3.09. The summed E-state index contributed by atoms with van der Waals surface area (Å²) >= 11 is 0. The minimum atomic E-state index is -0.895. The van der Waals surface area contributed by atoms with E-state index in [0.29, 0.717) is 26.1 Å². The predicted octanol–water partition coefficient (Wildman–Crippen LogP) is 1.71. The van der Waals surface area contributed by atoms with Crippen molar-refractivity contribution >= 4 is 12.0 Å². The third-order valence-corrected chi connectivity index (χ3v) is 4.18. The number of amides is 2. The molecule has 0 aliphatic carbocycles. The Morgan fingerprint density at radius 3 is 2.65 bits per heavy atom. The van der Waals surface area contributed by atoms with Crippen LogP contribution in [0.5, 0.6) is 0 Å². The zero-order valence-corrected chi connectivity index (χ0v) is 11.3. The average molecular weight is 274 g/mol. The van der Waals surface area contributed by atoms with E-state index in [0.717, 1.165) is 18.4 Å². The zero-order valence-electron chi connectivity index (χ0n) is 11.3. The summed E-state index contributed by atoms with van der Waals surface area (Å²) in [5, 5.41) is 9.18. The second-order valence-electron chi connectivity index (χ2n) is 5.41. The van der Waals surface area contributed by atoms with Crippen LogP contribution in [0.2, 0.25) is 0 Å². The molecule has 1 saturated heterocycles. The van der Waals surface area contributed by atoms with Gasteiger partial charge < -0.3 is 14.9 Å². The number of aliphatic carboxylic acids is 1. The van der Waals surface area contributed by atoms with E-state index >= 15 is 0 Å². The van der Waals surface area contributed by atoms with Gasteiger partial charge in [0.1, 0.15) is 6.04 Å². The maximum absolute atomic E-state index is 12.5. The largest absolute Gasteiger partial charge is 0.480 e. The highest BCUT2D eigenvalue weighted by Crippen LogP contribution is 2.23. The number of carbonyl (C=O) groups excluding carboxylic acids is 1. The first kappa shape index (κ1) is 13.0. The number of benzene rings is 1. The summed E-state index contributed by atoms with van der Waals surface area (Å²) in [4.78, 5) is 27.0. The van der Waals surface area contributed by atoms with Gasteiger partial charge in [-0.3, -0.25) is 0 Å². The van der Waals surface area contributed by atoms with Crippen molar-refractivity contribution in [2.24, 2.45) is 0 Å². The number of nitrogens with zero attached hydrogens (tertiary/aromatic N) is 2. The molecule has 0 radical (unpaired) electrons. The molecule has 106 valence electrons. The van der Waals surface area contributed by atoms with E-state index in [4.69, 9.17) is 0 Å². The Morgan fingerprint density at radius 2 is 1.90 bits per heavy atom. The molecule has 1 aromatic carbocycles. The van der Waals surface area contributed by atoms with E-state index in [1.54, 1.807) is 4.90 Å². The summed E-state index contributed by atoms with van der Waals surface area (Å²) < 4.78 is 0. The third-order valence-electron chi connectivity index (χ3n) is 4.18. The van der Waals surface area contributed by atoms with Crippen LogP contribution in [0.25, 0.3) is 0 Å². The highest BCUT2D eigenvalue weighted by molar-refractivity contribution is 5.83. The Balaban J connectivity index is 1.74. The summed E-state index contributed by atoms with van der Waals surface area (Å²) in [6.07, 6.45) is 2.17. The van der Waals surface area contributed by atoms with Crippen molar-refractivity contribution in [1.82, 2.24) is 9.80 Å². The van der Waals surface area contributed by atoms with Gasteiger partial charge in [0.25, 0.3) is 0 Å². The molecule has 2 amide bonds. The zero-order chi connectivity index (χ0) is 14.1. The highest BCUT2D eigenvalue weighted by atomic mass is 16.4. The maximum atomic E-state index is 12.5. The number of hydrogen-bond acceptors (Lipinski definition) is 2. The van der Waals surface area contributed by atoms with Crippen molar-refractivity contribution in [2.75, 3.05) is 13.1 Å². The van der Waals surface area contributed by atoms with E-state index in [9.17, 15) is 14.7 Å². The summed E-state index contributed by atoms with van der Waals surface area (Å²) in [6, 6.07) is 7.32.